The Morgan fingerprint density at radius 1 is 1.19 bits per heavy atom. The zero-order chi connectivity index (χ0) is 11.1. The van der Waals surface area contributed by atoms with Crippen LogP contribution in [0.4, 0.5) is 0 Å². The summed E-state index contributed by atoms with van der Waals surface area (Å²) in [4.78, 5) is 13.2. The fourth-order valence-corrected chi connectivity index (χ4v) is 3.78. The highest BCUT2D eigenvalue weighted by Gasteiger charge is 2.43. The van der Waals surface area contributed by atoms with Crippen LogP contribution in [0, 0.1) is 17.8 Å². The average Bonchev–Trinajstić information content (AvgIpc) is 2.81. The number of rotatable bonds is 5. The van der Waals surface area contributed by atoms with E-state index in [0.29, 0.717) is 6.04 Å². The first kappa shape index (κ1) is 10.6. The SMILES string of the molecule is O=C(O)CN(CC1CC1)C1CC2CCC1C2. The fraction of sp³-hybridized carbons (Fsp3) is 0.923. The summed E-state index contributed by atoms with van der Waals surface area (Å²) in [5.41, 5.74) is 0. The average molecular weight is 223 g/mol. The molecular weight excluding hydrogens is 202 g/mol. The van der Waals surface area contributed by atoms with Crippen molar-refractivity contribution >= 4 is 5.97 Å². The largest absolute Gasteiger partial charge is 0.480 e. The van der Waals surface area contributed by atoms with Crippen LogP contribution in [-0.4, -0.2) is 35.1 Å². The molecule has 2 bridgehead atoms. The first-order valence-corrected chi connectivity index (χ1v) is 6.68. The highest BCUT2D eigenvalue weighted by molar-refractivity contribution is 5.69. The molecule has 3 rings (SSSR count). The zero-order valence-electron chi connectivity index (χ0n) is 9.77. The van der Waals surface area contributed by atoms with E-state index in [1.165, 1.54) is 38.5 Å². The topological polar surface area (TPSA) is 40.5 Å². The van der Waals surface area contributed by atoms with Crippen molar-refractivity contribution in [3.63, 3.8) is 0 Å². The zero-order valence-corrected chi connectivity index (χ0v) is 9.77. The number of carboxylic acids is 1. The lowest BCUT2D eigenvalue weighted by Gasteiger charge is -2.33. The van der Waals surface area contributed by atoms with E-state index in [4.69, 9.17) is 5.11 Å². The summed E-state index contributed by atoms with van der Waals surface area (Å²) < 4.78 is 0. The van der Waals surface area contributed by atoms with Crippen LogP contribution in [0.15, 0.2) is 0 Å². The van der Waals surface area contributed by atoms with Gasteiger partial charge in [-0.05, 0) is 49.9 Å². The molecule has 3 atom stereocenters. The molecule has 0 aromatic carbocycles. The van der Waals surface area contributed by atoms with Gasteiger partial charge in [-0.15, -0.1) is 0 Å². The Balaban J connectivity index is 1.64. The molecule has 3 fully saturated rings. The van der Waals surface area contributed by atoms with Gasteiger partial charge < -0.3 is 5.11 Å². The van der Waals surface area contributed by atoms with Crippen molar-refractivity contribution in [3.05, 3.63) is 0 Å². The first-order chi connectivity index (χ1) is 7.72. The van der Waals surface area contributed by atoms with Crippen molar-refractivity contribution in [3.8, 4) is 0 Å². The Hall–Kier alpha value is -0.570. The number of nitrogens with zero attached hydrogens (tertiary/aromatic N) is 1. The highest BCUT2D eigenvalue weighted by atomic mass is 16.4. The standard InChI is InChI=1S/C13H21NO2/c15-13(16)8-14(7-9-1-2-9)12-6-10-3-4-11(12)5-10/h9-12H,1-8H2,(H,15,16). The van der Waals surface area contributed by atoms with E-state index < -0.39 is 5.97 Å². The van der Waals surface area contributed by atoms with Crippen LogP contribution in [0.25, 0.3) is 0 Å². The number of hydrogen-bond acceptors (Lipinski definition) is 2. The third kappa shape index (κ3) is 2.10. The van der Waals surface area contributed by atoms with Crippen molar-refractivity contribution in [2.24, 2.45) is 17.8 Å². The van der Waals surface area contributed by atoms with Gasteiger partial charge in [0.1, 0.15) is 0 Å². The van der Waals surface area contributed by atoms with Crippen LogP contribution in [-0.2, 0) is 4.79 Å². The predicted molar refractivity (Wildman–Crippen MR) is 61.2 cm³/mol. The molecule has 0 aromatic rings. The van der Waals surface area contributed by atoms with Crippen LogP contribution in [0.3, 0.4) is 0 Å². The number of carbonyl (C=O) groups is 1. The summed E-state index contributed by atoms with van der Waals surface area (Å²) in [7, 11) is 0. The molecule has 0 amide bonds. The lowest BCUT2D eigenvalue weighted by atomic mass is 9.93. The Kier molecular flexibility index (Phi) is 2.66. The van der Waals surface area contributed by atoms with Gasteiger partial charge in [-0.2, -0.15) is 0 Å². The van der Waals surface area contributed by atoms with E-state index in [-0.39, 0.29) is 6.54 Å². The molecule has 0 radical (unpaired) electrons. The number of carboxylic acid groups (broad SMARTS) is 1. The molecule has 0 aliphatic heterocycles. The van der Waals surface area contributed by atoms with E-state index in [9.17, 15) is 4.79 Å². The third-order valence-corrected chi connectivity index (χ3v) is 4.70. The molecule has 3 heteroatoms. The maximum atomic E-state index is 10.9. The second kappa shape index (κ2) is 4.02. The van der Waals surface area contributed by atoms with E-state index in [0.717, 1.165) is 24.3 Å². The lowest BCUT2D eigenvalue weighted by Crippen LogP contribution is -2.43. The Labute approximate surface area is 96.8 Å². The number of fused-ring (bicyclic) bond motifs is 2. The van der Waals surface area contributed by atoms with E-state index in [2.05, 4.69) is 4.90 Å². The van der Waals surface area contributed by atoms with Crippen LogP contribution in [0.1, 0.15) is 38.5 Å². The van der Waals surface area contributed by atoms with Gasteiger partial charge in [0.05, 0.1) is 6.54 Å². The molecule has 3 aliphatic carbocycles. The second-order valence-electron chi connectivity index (χ2n) is 6.01. The molecule has 3 nitrogen and oxygen atoms in total. The first-order valence-electron chi connectivity index (χ1n) is 6.68. The Bertz CT molecular complexity index is 288. The van der Waals surface area contributed by atoms with Gasteiger partial charge in [-0.25, -0.2) is 0 Å². The quantitative estimate of drug-likeness (QED) is 0.774. The fourth-order valence-electron chi connectivity index (χ4n) is 3.78. The molecule has 1 N–H and O–H groups in total. The molecule has 0 heterocycles. The molecule has 90 valence electrons. The summed E-state index contributed by atoms with van der Waals surface area (Å²) in [6.45, 7) is 1.31. The molecule has 3 aliphatic rings. The molecule has 16 heavy (non-hydrogen) atoms. The van der Waals surface area contributed by atoms with Crippen LogP contribution >= 0.6 is 0 Å². The molecular formula is C13H21NO2. The van der Waals surface area contributed by atoms with Gasteiger partial charge in [0.25, 0.3) is 0 Å². The second-order valence-corrected chi connectivity index (χ2v) is 6.01. The van der Waals surface area contributed by atoms with Crippen LogP contribution in [0.5, 0.6) is 0 Å². The lowest BCUT2D eigenvalue weighted by molar-refractivity contribution is -0.139. The number of aliphatic carboxylic acids is 1. The summed E-state index contributed by atoms with van der Waals surface area (Å²) in [6.07, 6.45) is 8.01. The van der Waals surface area contributed by atoms with Gasteiger partial charge in [-0.1, -0.05) is 6.42 Å². The van der Waals surface area contributed by atoms with Crippen molar-refractivity contribution in [2.75, 3.05) is 13.1 Å². The minimum Gasteiger partial charge on any atom is -0.480 e. The smallest absolute Gasteiger partial charge is 0.317 e. The maximum Gasteiger partial charge on any atom is 0.317 e. The molecule has 3 unspecified atom stereocenters. The van der Waals surface area contributed by atoms with E-state index in [1.54, 1.807) is 0 Å². The van der Waals surface area contributed by atoms with Gasteiger partial charge in [0.2, 0.25) is 0 Å². The number of hydrogen-bond donors (Lipinski definition) is 1. The van der Waals surface area contributed by atoms with Gasteiger partial charge in [0, 0.05) is 12.6 Å². The Morgan fingerprint density at radius 3 is 2.50 bits per heavy atom. The molecule has 0 spiro atoms. The summed E-state index contributed by atoms with van der Waals surface area (Å²) in [5, 5.41) is 9.01. The van der Waals surface area contributed by atoms with Gasteiger partial charge in [-0.3, -0.25) is 9.69 Å². The van der Waals surface area contributed by atoms with E-state index in [1.807, 2.05) is 0 Å². The van der Waals surface area contributed by atoms with Crippen molar-refractivity contribution in [1.29, 1.82) is 0 Å². The highest BCUT2D eigenvalue weighted by Crippen LogP contribution is 2.47. The summed E-state index contributed by atoms with van der Waals surface area (Å²) >= 11 is 0. The van der Waals surface area contributed by atoms with Gasteiger partial charge >= 0.3 is 5.97 Å². The molecule has 3 saturated carbocycles. The van der Waals surface area contributed by atoms with Gasteiger partial charge in [0.15, 0.2) is 0 Å². The normalized spacial score (nSPS) is 37.2. The maximum absolute atomic E-state index is 10.9. The van der Waals surface area contributed by atoms with Crippen LogP contribution < -0.4 is 0 Å². The Morgan fingerprint density at radius 2 is 2.00 bits per heavy atom. The van der Waals surface area contributed by atoms with Crippen molar-refractivity contribution < 1.29 is 9.90 Å². The minimum atomic E-state index is -0.650. The minimum absolute atomic E-state index is 0.268. The third-order valence-electron chi connectivity index (χ3n) is 4.70. The van der Waals surface area contributed by atoms with E-state index >= 15 is 0 Å². The summed E-state index contributed by atoms with van der Waals surface area (Å²) in [5.74, 6) is 1.87. The van der Waals surface area contributed by atoms with Crippen molar-refractivity contribution in [1.82, 2.24) is 4.90 Å². The summed E-state index contributed by atoms with van der Waals surface area (Å²) in [6, 6.07) is 0.593. The predicted octanol–water partition coefficient (Wildman–Crippen LogP) is 1.97. The molecule has 0 saturated heterocycles. The monoisotopic (exact) mass is 223 g/mol. The van der Waals surface area contributed by atoms with Crippen molar-refractivity contribution in [2.45, 2.75) is 44.6 Å². The molecule has 0 aromatic heterocycles. The van der Waals surface area contributed by atoms with Crippen LogP contribution in [0.2, 0.25) is 0 Å².